The molecule has 0 heterocycles. The van der Waals surface area contributed by atoms with Crippen LogP contribution in [0.25, 0.3) is 0 Å². The highest BCUT2D eigenvalue weighted by molar-refractivity contribution is 5.86. The van der Waals surface area contributed by atoms with Crippen molar-refractivity contribution in [3.8, 4) is 11.5 Å². The quantitative estimate of drug-likeness (QED) is 0.276. The second-order valence-electron chi connectivity index (χ2n) is 5.61. The Labute approximate surface area is 165 Å². The lowest BCUT2D eigenvalue weighted by atomic mass is 10.2. The van der Waals surface area contributed by atoms with E-state index in [4.69, 9.17) is 0 Å². The average Bonchev–Trinajstić information content (AvgIpc) is 2.70. The SMILES string of the molecule is O=NN(CC(=O)NN=Cc1ccccc1O)CC(=O)NN=Cc1ccccc1O. The van der Waals surface area contributed by atoms with Gasteiger partial charge < -0.3 is 10.2 Å². The number of phenols is 2. The van der Waals surface area contributed by atoms with Gasteiger partial charge in [0.05, 0.1) is 17.7 Å². The molecule has 2 aromatic carbocycles. The number of nitrogens with zero attached hydrogens (tertiary/aromatic N) is 4. The first kappa shape index (κ1) is 21.0. The number of nitroso groups, excluding NO2 is 1. The summed E-state index contributed by atoms with van der Waals surface area (Å²) in [5.41, 5.74) is 5.09. The summed E-state index contributed by atoms with van der Waals surface area (Å²) in [5, 5.41) is 29.8. The van der Waals surface area contributed by atoms with Crippen molar-refractivity contribution in [3.63, 3.8) is 0 Å². The van der Waals surface area contributed by atoms with E-state index in [1.165, 1.54) is 24.6 Å². The Morgan fingerprint density at radius 3 is 1.62 bits per heavy atom. The Hall–Kier alpha value is -4.28. The van der Waals surface area contributed by atoms with Gasteiger partial charge in [-0.15, -0.1) is 4.91 Å². The zero-order chi connectivity index (χ0) is 21.1. The zero-order valence-corrected chi connectivity index (χ0v) is 15.1. The molecule has 0 aromatic heterocycles. The first-order valence-corrected chi connectivity index (χ1v) is 8.27. The number of hydrogen-bond acceptors (Lipinski definition) is 8. The van der Waals surface area contributed by atoms with Gasteiger partial charge >= 0.3 is 0 Å². The topological polar surface area (TPSA) is 156 Å². The predicted molar refractivity (Wildman–Crippen MR) is 105 cm³/mol. The van der Waals surface area contributed by atoms with E-state index in [1.807, 2.05) is 0 Å². The van der Waals surface area contributed by atoms with Gasteiger partial charge in [-0.3, -0.25) is 9.59 Å². The number of rotatable bonds is 9. The number of aromatic hydroxyl groups is 2. The Morgan fingerprint density at radius 2 is 1.24 bits per heavy atom. The number of benzene rings is 2. The Balaban J connectivity index is 1.79. The van der Waals surface area contributed by atoms with Crippen LogP contribution < -0.4 is 10.9 Å². The van der Waals surface area contributed by atoms with Crippen LogP contribution in [0.5, 0.6) is 11.5 Å². The fraction of sp³-hybridized carbons (Fsp3) is 0.111. The Bertz CT molecular complexity index is 859. The lowest BCUT2D eigenvalue weighted by Gasteiger charge is -2.12. The number of hydrazone groups is 2. The molecule has 29 heavy (non-hydrogen) atoms. The molecule has 2 aromatic rings. The predicted octanol–water partition coefficient (Wildman–Crippen LogP) is 0.682. The van der Waals surface area contributed by atoms with Crippen molar-refractivity contribution in [2.45, 2.75) is 0 Å². The van der Waals surface area contributed by atoms with E-state index < -0.39 is 24.9 Å². The third-order valence-electron chi connectivity index (χ3n) is 3.43. The highest BCUT2D eigenvalue weighted by Crippen LogP contribution is 2.13. The minimum atomic E-state index is -0.693. The highest BCUT2D eigenvalue weighted by atomic mass is 16.3. The first-order chi connectivity index (χ1) is 14.0. The maximum Gasteiger partial charge on any atom is 0.261 e. The molecule has 0 fully saturated rings. The molecule has 0 aliphatic rings. The molecule has 0 saturated heterocycles. The van der Waals surface area contributed by atoms with Crippen LogP contribution in [0, 0.1) is 4.91 Å². The molecule has 0 atom stereocenters. The molecular formula is C18H18N6O5. The normalized spacial score (nSPS) is 10.8. The molecule has 4 N–H and O–H groups in total. The van der Waals surface area contributed by atoms with Gasteiger partial charge in [0.25, 0.3) is 11.8 Å². The molecule has 150 valence electrons. The molecule has 0 aliphatic carbocycles. The van der Waals surface area contributed by atoms with E-state index in [9.17, 15) is 24.7 Å². The maximum absolute atomic E-state index is 11.8. The molecule has 0 bridgehead atoms. The molecule has 0 unspecified atom stereocenters. The summed E-state index contributed by atoms with van der Waals surface area (Å²) in [6.07, 6.45) is 2.46. The van der Waals surface area contributed by atoms with Crippen molar-refractivity contribution < 1.29 is 19.8 Å². The number of para-hydroxylation sites is 2. The van der Waals surface area contributed by atoms with E-state index in [0.717, 1.165) is 0 Å². The van der Waals surface area contributed by atoms with Gasteiger partial charge in [-0.2, -0.15) is 10.2 Å². The molecule has 0 saturated carbocycles. The van der Waals surface area contributed by atoms with E-state index in [1.54, 1.807) is 36.4 Å². The fourth-order valence-corrected chi connectivity index (χ4v) is 2.06. The number of amides is 2. The molecule has 2 rings (SSSR count). The van der Waals surface area contributed by atoms with Gasteiger partial charge in [-0.05, 0) is 24.3 Å². The molecular weight excluding hydrogens is 380 g/mol. The van der Waals surface area contributed by atoms with Gasteiger partial charge in [0.2, 0.25) is 0 Å². The number of carbonyl (C=O) groups is 2. The number of phenolic OH excluding ortho intramolecular Hbond substituents is 2. The molecule has 0 spiro atoms. The van der Waals surface area contributed by atoms with Gasteiger partial charge in [0, 0.05) is 11.1 Å². The molecule has 0 radical (unpaired) electrons. The van der Waals surface area contributed by atoms with Gasteiger partial charge in [-0.1, -0.05) is 24.3 Å². The number of carbonyl (C=O) groups excluding carboxylic acids is 2. The molecule has 11 heteroatoms. The fourth-order valence-electron chi connectivity index (χ4n) is 2.06. The van der Waals surface area contributed by atoms with Crippen molar-refractivity contribution in [3.05, 3.63) is 64.6 Å². The third-order valence-corrected chi connectivity index (χ3v) is 3.43. The van der Waals surface area contributed by atoms with Crippen molar-refractivity contribution in [1.82, 2.24) is 15.9 Å². The Kier molecular flexibility index (Phi) is 7.81. The standard InChI is InChI=1S/C18H18N6O5/c25-15-7-3-1-5-13(15)9-19-21-17(27)11-24(23-29)12-18(28)22-20-10-14-6-2-4-8-16(14)26/h1-10,25-26H,11-12H2,(H,21,27)(H,22,28). The summed E-state index contributed by atoms with van der Waals surface area (Å²) < 4.78 is 0. The van der Waals surface area contributed by atoms with E-state index in [-0.39, 0.29) is 11.5 Å². The smallest absolute Gasteiger partial charge is 0.261 e. The van der Waals surface area contributed by atoms with Crippen LogP contribution in [0.1, 0.15) is 11.1 Å². The summed E-state index contributed by atoms with van der Waals surface area (Å²) >= 11 is 0. The largest absolute Gasteiger partial charge is 0.507 e. The van der Waals surface area contributed by atoms with Crippen LogP contribution in [0.4, 0.5) is 0 Å². The van der Waals surface area contributed by atoms with E-state index in [0.29, 0.717) is 16.1 Å². The monoisotopic (exact) mass is 398 g/mol. The van der Waals surface area contributed by atoms with Crippen LogP contribution in [0.3, 0.4) is 0 Å². The van der Waals surface area contributed by atoms with Gasteiger partial charge in [-0.25, -0.2) is 15.9 Å². The summed E-state index contributed by atoms with van der Waals surface area (Å²) in [7, 11) is 0. The minimum absolute atomic E-state index is 0.0114. The summed E-state index contributed by atoms with van der Waals surface area (Å²) in [6, 6.07) is 12.7. The van der Waals surface area contributed by atoms with E-state index in [2.05, 4.69) is 26.3 Å². The van der Waals surface area contributed by atoms with Crippen molar-refractivity contribution >= 4 is 24.2 Å². The maximum atomic E-state index is 11.8. The number of nitrogens with one attached hydrogen (secondary N) is 2. The Morgan fingerprint density at radius 1 is 0.828 bits per heavy atom. The minimum Gasteiger partial charge on any atom is -0.507 e. The lowest BCUT2D eigenvalue weighted by molar-refractivity contribution is -0.125. The van der Waals surface area contributed by atoms with Crippen molar-refractivity contribution in [2.75, 3.05) is 13.1 Å². The lowest BCUT2D eigenvalue weighted by Crippen LogP contribution is -2.38. The third kappa shape index (κ3) is 7.09. The van der Waals surface area contributed by atoms with Crippen LogP contribution >= 0.6 is 0 Å². The van der Waals surface area contributed by atoms with Crippen molar-refractivity contribution in [1.29, 1.82) is 0 Å². The zero-order valence-electron chi connectivity index (χ0n) is 15.1. The highest BCUT2D eigenvalue weighted by Gasteiger charge is 2.13. The van der Waals surface area contributed by atoms with Crippen LogP contribution in [-0.2, 0) is 9.59 Å². The number of hydrogen-bond donors (Lipinski definition) is 4. The first-order valence-electron chi connectivity index (χ1n) is 8.27. The van der Waals surface area contributed by atoms with Gasteiger partial charge in [0.15, 0.2) is 0 Å². The van der Waals surface area contributed by atoms with Crippen LogP contribution in [0.15, 0.2) is 64.0 Å². The van der Waals surface area contributed by atoms with Crippen molar-refractivity contribution in [2.24, 2.45) is 15.5 Å². The van der Waals surface area contributed by atoms with E-state index >= 15 is 0 Å². The van der Waals surface area contributed by atoms with Crippen LogP contribution in [-0.4, -0.2) is 52.6 Å². The molecule has 2 amide bonds. The van der Waals surface area contributed by atoms with Crippen LogP contribution in [0.2, 0.25) is 0 Å². The second kappa shape index (κ2) is 10.8. The van der Waals surface area contributed by atoms with Gasteiger partial charge in [0.1, 0.15) is 24.6 Å². The average molecular weight is 398 g/mol. The second-order valence-corrected chi connectivity index (χ2v) is 5.61. The molecule has 11 nitrogen and oxygen atoms in total. The summed E-state index contributed by atoms with van der Waals surface area (Å²) in [5.74, 6) is -1.41. The summed E-state index contributed by atoms with van der Waals surface area (Å²) in [4.78, 5) is 34.4. The molecule has 0 aliphatic heterocycles. The summed E-state index contributed by atoms with van der Waals surface area (Å²) in [6.45, 7) is -1.03.